The number of ether oxygens (including phenoxy) is 1. The summed E-state index contributed by atoms with van der Waals surface area (Å²) in [5.41, 5.74) is 3.78. The SMILES string of the molecule is COc1cccc(CC(=O)N2CCCC2c2ccnc3cc(C(C)(C)C)nn23)c1. The van der Waals surface area contributed by atoms with Crippen LogP contribution in [0.1, 0.15) is 56.6 Å². The quantitative estimate of drug-likeness (QED) is 0.675. The summed E-state index contributed by atoms with van der Waals surface area (Å²) in [4.78, 5) is 19.6. The van der Waals surface area contributed by atoms with Gasteiger partial charge in [0.05, 0.1) is 31.0 Å². The molecule has 1 aliphatic rings. The number of hydrogen-bond donors (Lipinski definition) is 0. The summed E-state index contributed by atoms with van der Waals surface area (Å²) in [5.74, 6) is 0.907. The first kappa shape index (κ1) is 19.4. The summed E-state index contributed by atoms with van der Waals surface area (Å²) in [6.07, 6.45) is 4.12. The van der Waals surface area contributed by atoms with Crippen LogP contribution in [0.4, 0.5) is 0 Å². The van der Waals surface area contributed by atoms with Crippen molar-refractivity contribution in [2.24, 2.45) is 0 Å². The van der Waals surface area contributed by atoms with Gasteiger partial charge in [0.1, 0.15) is 5.75 Å². The van der Waals surface area contributed by atoms with E-state index in [1.165, 1.54) is 0 Å². The molecule has 2 aromatic heterocycles. The van der Waals surface area contributed by atoms with E-state index in [0.29, 0.717) is 6.42 Å². The Kier molecular flexibility index (Phi) is 5.03. The zero-order valence-electron chi connectivity index (χ0n) is 17.6. The smallest absolute Gasteiger partial charge is 0.227 e. The molecule has 1 saturated heterocycles. The molecule has 0 bridgehead atoms. The van der Waals surface area contributed by atoms with Crippen LogP contribution in [0, 0.1) is 0 Å². The van der Waals surface area contributed by atoms with E-state index in [2.05, 4.69) is 25.8 Å². The van der Waals surface area contributed by atoms with Crippen molar-refractivity contribution in [1.29, 1.82) is 0 Å². The molecule has 1 atom stereocenters. The number of benzene rings is 1. The Morgan fingerprint density at radius 3 is 2.83 bits per heavy atom. The largest absolute Gasteiger partial charge is 0.497 e. The average Bonchev–Trinajstić information content (AvgIpc) is 3.34. The van der Waals surface area contributed by atoms with Gasteiger partial charge in [-0.2, -0.15) is 5.10 Å². The van der Waals surface area contributed by atoms with Gasteiger partial charge in [0.15, 0.2) is 5.65 Å². The number of nitrogens with zero attached hydrogens (tertiary/aromatic N) is 4. The summed E-state index contributed by atoms with van der Waals surface area (Å²) in [5, 5.41) is 4.83. The fraction of sp³-hybridized carbons (Fsp3) is 0.435. The number of carbonyl (C=O) groups is 1. The summed E-state index contributed by atoms with van der Waals surface area (Å²) in [6, 6.07) is 11.8. The molecular weight excluding hydrogens is 364 g/mol. The predicted octanol–water partition coefficient (Wildman–Crippen LogP) is 3.94. The predicted molar refractivity (Wildman–Crippen MR) is 112 cm³/mol. The summed E-state index contributed by atoms with van der Waals surface area (Å²) >= 11 is 0. The highest BCUT2D eigenvalue weighted by atomic mass is 16.5. The van der Waals surface area contributed by atoms with E-state index < -0.39 is 0 Å². The van der Waals surface area contributed by atoms with Gasteiger partial charge < -0.3 is 9.64 Å². The van der Waals surface area contributed by atoms with Crippen molar-refractivity contribution in [3.05, 3.63) is 59.5 Å². The minimum Gasteiger partial charge on any atom is -0.497 e. The zero-order valence-corrected chi connectivity index (χ0v) is 17.6. The van der Waals surface area contributed by atoms with Crippen molar-refractivity contribution < 1.29 is 9.53 Å². The Labute approximate surface area is 171 Å². The molecule has 0 saturated carbocycles. The lowest BCUT2D eigenvalue weighted by Crippen LogP contribution is -2.32. The van der Waals surface area contributed by atoms with Gasteiger partial charge in [0, 0.05) is 24.2 Å². The molecule has 1 amide bonds. The van der Waals surface area contributed by atoms with Crippen LogP contribution in [0.25, 0.3) is 5.65 Å². The molecule has 6 nitrogen and oxygen atoms in total. The molecule has 0 radical (unpaired) electrons. The van der Waals surface area contributed by atoms with E-state index >= 15 is 0 Å². The Bertz CT molecular complexity index is 1030. The Hall–Kier alpha value is -2.89. The molecule has 1 aliphatic heterocycles. The van der Waals surface area contributed by atoms with E-state index in [1.54, 1.807) is 7.11 Å². The standard InChI is InChI=1S/C23H28N4O2/c1-23(2,3)20-15-21-24-11-10-19(27(21)25-20)18-9-6-12-26(18)22(28)14-16-7-5-8-17(13-16)29-4/h5,7-8,10-11,13,15,18H,6,9,12,14H2,1-4H3. The van der Waals surface area contributed by atoms with E-state index in [1.807, 2.05) is 52.0 Å². The van der Waals surface area contributed by atoms with Gasteiger partial charge in [-0.1, -0.05) is 32.9 Å². The third-order valence-electron chi connectivity index (χ3n) is 5.56. The summed E-state index contributed by atoms with van der Waals surface area (Å²) in [6.45, 7) is 7.21. The van der Waals surface area contributed by atoms with Crippen molar-refractivity contribution in [3.8, 4) is 5.75 Å². The molecule has 4 rings (SSSR count). The molecule has 29 heavy (non-hydrogen) atoms. The van der Waals surface area contributed by atoms with Crippen LogP contribution >= 0.6 is 0 Å². The number of likely N-dealkylation sites (tertiary alicyclic amines) is 1. The molecule has 6 heteroatoms. The third-order valence-corrected chi connectivity index (χ3v) is 5.56. The lowest BCUT2D eigenvalue weighted by Gasteiger charge is -2.25. The molecule has 0 spiro atoms. The molecule has 0 N–H and O–H groups in total. The van der Waals surface area contributed by atoms with Crippen molar-refractivity contribution in [2.45, 2.75) is 51.5 Å². The minimum absolute atomic E-state index is 0.0197. The third kappa shape index (κ3) is 3.84. The van der Waals surface area contributed by atoms with Crippen molar-refractivity contribution >= 4 is 11.6 Å². The van der Waals surface area contributed by atoms with Gasteiger partial charge in [-0.3, -0.25) is 4.79 Å². The highest BCUT2D eigenvalue weighted by molar-refractivity contribution is 5.79. The van der Waals surface area contributed by atoms with Gasteiger partial charge in [-0.25, -0.2) is 9.50 Å². The number of carbonyl (C=O) groups excluding carboxylic acids is 1. The number of fused-ring (bicyclic) bond motifs is 1. The van der Waals surface area contributed by atoms with Crippen molar-refractivity contribution in [1.82, 2.24) is 19.5 Å². The second-order valence-electron chi connectivity index (χ2n) is 8.69. The zero-order chi connectivity index (χ0) is 20.6. The lowest BCUT2D eigenvalue weighted by atomic mass is 9.93. The van der Waals surface area contributed by atoms with Gasteiger partial charge in [0.2, 0.25) is 5.91 Å². The van der Waals surface area contributed by atoms with Crippen LogP contribution in [0.5, 0.6) is 5.75 Å². The highest BCUT2D eigenvalue weighted by Gasteiger charge is 2.32. The van der Waals surface area contributed by atoms with E-state index in [4.69, 9.17) is 9.84 Å². The molecular formula is C23H28N4O2. The number of methoxy groups -OCH3 is 1. The first-order valence-electron chi connectivity index (χ1n) is 10.1. The van der Waals surface area contributed by atoms with Crippen LogP contribution < -0.4 is 4.74 Å². The maximum atomic E-state index is 13.1. The first-order chi connectivity index (χ1) is 13.9. The molecule has 0 aliphatic carbocycles. The maximum Gasteiger partial charge on any atom is 0.227 e. The van der Waals surface area contributed by atoms with Crippen LogP contribution in [0.15, 0.2) is 42.6 Å². The van der Waals surface area contributed by atoms with Crippen LogP contribution in [-0.4, -0.2) is 39.1 Å². The minimum atomic E-state index is -0.0531. The normalized spacial score (nSPS) is 17.1. The Balaban J connectivity index is 1.63. The topological polar surface area (TPSA) is 59.7 Å². The second kappa shape index (κ2) is 7.50. The van der Waals surface area contributed by atoms with Gasteiger partial charge >= 0.3 is 0 Å². The van der Waals surface area contributed by atoms with Crippen molar-refractivity contribution in [2.75, 3.05) is 13.7 Å². The van der Waals surface area contributed by atoms with E-state index in [-0.39, 0.29) is 17.4 Å². The van der Waals surface area contributed by atoms with Crippen molar-refractivity contribution in [3.63, 3.8) is 0 Å². The van der Waals surface area contributed by atoms with Gasteiger partial charge in [-0.05, 0) is 36.6 Å². The fourth-order valence-corrected chi connectivity index (χ4v) is 3.96. The van der Waals surface area contributed by atoms with Gasteiger partial charge in [0.25, 0.3) is 0 Å². The van der Waals surface area contributed by atoms with Crippen LogP contribution in [0.3, 0.4) is 0 Å². The second-order valence-corrected chi connectivity index (χ2v) is 8.69. The van der Waals surface area contributed by atoms with E-state index in [0.717, 1.165) is 47.7 Å². The number of rotatable bonds is 4. The number of amides is 1. The molecule has 1 unspecified atom stereocenters. The van der Waals surface area contributed by atoms with Crippen LogP contribution in [-0.2, 0) is 16.6 Å². The maximum absolute atomic E-state index is 13.1. The van der Waals surface area contributed by atoms with Gasteiger partial charge in [-0.15, -0.1) is 0 Å². The fourth-order valence-electron chi connectivity index (χ4n) is 3.96. The highest BCUT2D eigenvalue weighted by Crippen LogP contribution is 2.33. The average molecular weight is 393 g/mol. The summed E-state index contributed by atoms with van der Waals surface area (Å²) < 4.78 is 7.21. The molecule has 3 aromatic rings. The molecule has 1 aromatic carbocycles. The summed E-state index contributed by atoms with van der Waals surface area (Å²) in [7, 11) is 1.64. The number of hydrogen-bond acceptors (Lipinski definition) is 4. The molecule has 3 heterocycles. The van der Waals surface area contributed by atoms with Crippen LogP contribution in [0.2, 0.25) is 0 Å². The molecule has 1 fully saturated rings. The lowest BCUT2D eigenvalue weighted by molar-refractivity contribution is -0.131. The van der Waals surface area contributed by atoms with E-state index in [9.17, 15) is 4.79 Å². The Morgan fingerprint density at radius 1 is 1.24 bits per heavy atom. The molecule has 152 valence electrons. The first-order valence-corrected chi connectivity index (χ1v) is 10.1. The monoisotopic (exact) mass is 392 g/mol. The number of aromatic nitrogens is 3. The Morgan fingerprint density at radius 2 is 2.07 bits per heavy atom.